The molecule has 19 heavy (non-hydrogen) atoms. The van der Waals surface area contributed by atoms with Crippen LogP contribution in [0.25, 0.3) is 0 Å². The summed E-state index contributed by atoms with van der Waals surface area (Å²) in [5.74, 6) is -0.0255. The van der Waals surface area contributed by atoms with Crippen molar-refractivity contribution in [1.29, 1.82) is 0 Å². The highest BCUT2D eigenvalue weighted by Crippen LogP contribution is 2.19. The second kappa shape index (κ2) is 8.31. The van der Waals surface area contributed by atoms with Gasteiger partial charge in [0.25, 0.3) is 0 Å². The lowest BCUT2D eigenvalue weighted by atomic mass is 9.84. The molecular weight excluding hydrogens is 240 g/mol. The molecule has 0 aromatic heterocycles. The fourth-order valence-electron chi connectivity index (χ4n) is 1.90. The summed E-state index contributed by atoms with van der Waals surface area (Å²) in [6.07, 6.45) is 2.67. The molecule has 4 nitrogen and oxygen atoms in total. The Bertz CT molecular complexity index is 293. The smallest absolute Gasteiger partial charge is 0.217 e. The molecule has 2 N–H and O–H groups in total. The average Bonchev–Trinajstić information content (AvgIpc) is 2.23. The van der Waals surface area contributed by atoms with E-state index in [0.717, 1.165) is 25.8 Å². The minimum Gasteiger partial charge on any atom is -0.347 e. The molecule has 112 valence electrons. The lowest BCUT2D eigenvalue weighted by Crippen LogP contribution is -2.44. The van der Waals surface area contributed by atoms with Crippen LogP contribution in [0.3, 0.4) is 0 Å². The van der Waals surface area contributed by atoms with Crippen molar-refractivity contribution in [3.8, 4) is 0 Å². The van der Waals surface area contributed by atoms with E-state index in [1.165, 1.54) is 6.92 Å². The zero-order valence-electron chi connectivity index (χ0n) is 13.3. The van der Waals surface area contributed by atoms with Crippen molar-refractivity contribution in [3.63, 3.8) is 0 Å². The Morgan fingerprint density at radius 2 is 1.68 bits per heavy atom. The molecule has 0 aromatic rings. The molecule has 0 saturated heterocycles. The molecule has 0 saturated carbocycles. The maximum absolute atomic E-state index is 12.2. The standard InChI is InChI=1S/C15H30N2O2/c1-11(2)16-10-8-7-9-13(17-12(3)18)14(19)15(4,5)6/h11,13,16H,7-10H2,1-6H3,(H,17,18). The van der Waals surface area contributed by atoms with Crippen molar-refractivity contribution in [2.24, 2.45) is 5.41 Å². The number of nitrogens with one attached hydrogen (secondary N) is 2. The van der Waals surface area contributed by atoms with Crippen LogP contribution >= 0.6 is 0 Å². The zero-order valence-corrected chi connectivity index (χ0v) is 13.3. The van der Waals surface area contributed by atoms with Crippen molar-refractivity contribution in [3.05, 3.63) is 0 Å². The summed E-state index contributed by atoms with van der Waals surface area (Å²) in [6, 6.07) is 0.138. The Labute approximate surface area is 117 Å². The molecule has 1 amide bonds. The monoisotopic (exact) mass is 270 g/mol. The highest BCUT2D eigenvalue weighted by Gasteiger charge is 2.29. The first-order valence-corrected chi connectivity index (χ1v) is 7.19. The van der Waals surface area contributed by atoms with E-state index in [0.29, 0.717) is 6.04 Å². The van der Waals surface area contributed by atoms with Gasteiger partial charge in [0, 0.05) is 18.4 Å². The number of unbranched alkanes of at least 4 members (excludes halogenated alkanes) is 1. The summed E-state index contributed by atoms with van der Waals surface area (Å²) < 4.78 is 0. The number of carbonyl (C=O) groups is 2. The van der Waals surface area contributed by atoms with E-state index >= 15 is 0 Å². The topological polar surface area (TPSA) is 58.2 Å². The van der Waals surface area contributed by atoms with Crippen LogP contribution in [0, 0.1) is 5.41 Å². The molecule has 1 unspecified atom stereocenters. The van der Waals surface area contributed by atoms with E-state index in [4.69, 9.17) is 0 Å². The molecular formula is C15H30N2O2. The summed E-state index contributed by atoms with van der Waals surface area (Å²) in [7, 11) is 0. The fraction of sp³-hybridized carbons (Fsp3) is 0.867. The third kappa shape index (κ3) is 8.76. The summed E-state index contributed by atoms with van der Waals surface area (Å²) in [4.78, 5) is 23.4. The van der Waals surface area contributed by atoms with Crippen molar-refractivity contribution < 1.29 is 9.59 Å². The summed E-state index contributed by atoms with van der Waals surface area (Å²) in [6.45, 7) is 12.3. The van der Waals surface area contributed by atoms with Gasteiger partial charge in [-0.15, -0.1) is 0 Å². The number of hydrogen-bond acceptors (Lipinski definition) is 3. The minimum atomic E-state index is -0.413. The lowest BCUT2D eigenvalue weighted by Gasteiger charge is -2.25. The first-order valence-electron chi connectivity index (χ1n) is 7.19. The zero-order chi connectivity index (χ0) is 15.1. The quantitative estimate of drug-likeness (QED) is 0.665. The van der Waals surface area contributed by atoms with Gasteiger partial charge in [-0.2, -0.15) is 0 Å². The Morgan fingerprint density at radius 1 is 1.11 bits per heavy atom. The first kappa shape index (κ1) is 18.1. The molecule has 0 bridgehead atoms. The number of rotatable bonds is 8. The largest absolute Gasteiger partial charge is 0.347 e. The Hall–Kier alpha value is -0.900. The lowest BCUT2D eigenvalue weighted by molar-refractivity contribution is -0.132. The molecule has 0 fully saturated rings. The van der Waals surface area contributed by atoms with Gasteiger partial charge in [0.1, 0.15) is 0 Å². The highest BCUT2D eigenvalue weighted by atomic mass is 16.2. The van der Waals surface area contributed by atoms with Crippen molar-refractivity contribution in [2.75, 3.05) is 6.54 Å². The van der Waals surface area contributed by atoms with Gasteiger partial charge in [0.2, 0.25) is 5.91 Å². The van der Waals surface area contributed by atoms with Gasteiger partial charge >= 0.3 is 0 Å². The van der Waals surface area contributed by atoms with Gasteiger partial charge in [-0.05, 0) is 25.8 Å². The molecule has 0 rings (SSSR count). The number of ketones is 1. The van der Waals surface area contributed by atoms with E-state index in [1.807, 2.05) is 20.8 Å². The molecule has 0 spiro atoms. The predicted octanol–water partition coefficient (Wildman–Crippen LogP) is 2.27. The van der Waals surface area contributed by atoms with Crippen LogP contribution in [0.1, 0.15) is 60.8 Å². The molecule has 0 aliphatic rings. The SMILES string of the molecule is CC(=O)NC(CCCCNC(C)C)C(=O)C(C)(C)C. The van der Waals surface area contributed by atoms with Gasteiger partial charge in [-0.3, -0.25) is 9.59 Å². The van der Waals surface area contributed by atoms with E-state index in [2.05, 4.69) is 24.5 Å². The average molecular weight is 270 g/mol. The van der Waals surface area contributed by atoms with Crippen LogP contribution in [-0.2, 0) is 9.59 Å². The van der Waals surface area contributed by atoms with Crippen LogP contribution in [0.15, 0.2) is 0 Å². The van der Waals surface area contributed by atoms with Crippen molar-refractivity contribution in [1.82, 2.24) is 10.6 Å². The third-order valence-corrected chi connectivity index (χ3v) is 2.91. The van der Waals surface area contributed by atoms with Gasteiger partial charge < -0.3 is 10.6 Å². The Balaban J connectivity index is 4.22. The van der Waals surface area contributed by atoms with E-state index in [9.17, 15) is 9.59 Å². The Morgan fingerprint density at radius 3 is 2.11 bits per heavy atom. The number of hydrogen-bond donors (Lipinski definition) is 2. The summed E-state index contributed by atoms with van der Waals surface area (Å²) in [5.41, 5.74) is -0.413. The molecule has 0 aromatic carbocycles. The second-order valence-electron chi connectivity index (χ2n) is 6.47. The van der Waals surface area contributed by atoms with Crippen LogP contribution in [0.5, 0.6) is 0 Å². The first-order chi connectivity index (χ1) is 8.64. The second-order valence-corrected chi connectivity index (χ2v) is 6.47. The summed E-state index contributed by atoms with van der Waals surface area (Å²) in [5, 5.41) is 6.12. The fourth-order valence-corrected chi connectivity index (χ4v) is 1.90. The molecule has 0 aliphatic heterocycles. The number of carbonyl (C=O) groups excluding carboxylic acids is 2. The van der Waals surface area contributed by atoms with Crippen LogP contribution < -0.4 is 10.6 Å². The van der Waals surface area contributed by atoms with E-state index < -0.39 is 5.41 Å². The van der Waals surface area contributed by atoms with Gasteiger partial charge in [-0.1, -0.05) is 34.6 Å². The van der Waals surface area contributed by atoms with E-state index in [-0.39, 0.29) is 17.7 Å². The molecule has 0 heterocycles. The van der Waals surface area contributed by atoms with Crippen molar-refractivity contribution >= 4 is 11.7 Å². The normalized spacial score (nSPS) is 13.4. The molecule has 0 aliphatic carbocycles. The van der Waals surface area contributed by atoms with Gasteiger partial charge in [0.15, 0.2) is 5.78 Å². The maximum Gasteiger partial charge on any atom is 0.217 e. The number of amides is 1. The summed E-state index contributed by atoms with van der Waals surface area (Å²) >= 11 is 0. The van der Waals surface area contributed by atoms with E-state index in [1.54, 1.807) is 0 Å². The third-order valence-electron chi connectivity index (χ3n) is 2.91. The van der Waals surface area contributed by atoms with Crippen molar-refractivity contribution in [2.45, 2.75) is 72.9 Å². The van der Waals surface area contributed by atoms with Gasteiger partial charge in [0.05, 0.1) is 6.04 Å². The Kier molecular flexibility index (Phi) is 7.91. The minimum absolute atomic E-state index is 0.111. The highest BCUT2D eigenvalue weighted by molar-refractivity contribution is 5.91. The molecule has 0 radical (unpaired) electrons. The van der Waals surface area contributed by atoms with Crippen LogP contribution in [0.2, 0.25) is 0 Å². The van der Waals surface area contributed by atoms with Crippen LogP contribution in [0.4, 0.5) is 0 Å². The molecule has 4 heteroatoms. The predicted molar refractivity (Wildman–Crippen MR) is 79.1 cm³/mol. The van der Waals surface area contributed by atoms with Crippen LogP contribution in [-0.4, -0.2) is 30.3 Å². The number of Topliss-reactive ketones (excluding diaryl/α,β-unsaturated/α-hetero) is 1. The maximum atomic E-state index is 12.2. The molecule has 1 atom stereocenters. The van der Waals surface area contributed by atoms with Gasteiger partial charge in [-0.25, -0.2) is 0 Å².